The number of amides is 3. The van der Waals surface area contributed by atoms with Crippen LogP contribution in [0, 0.1) is 5.92 Å². The average Bonchev–Trinajstić information content (AvgIpc) is 2.78. The summed E-state index contributed by atoms with van der Waals surface area (Å²) in [5.74, 6) is -0.213. The van der Waals surface area contributed by atoms with Gasteiger partial charge in [0, 0.05) is 22.7 Å². The van der Waals surface area contributed by atoms with Crippen molar-refractivity contribution < 1.29 is 19.1 Å². The Morgan fingerprint density at radius 3 is 2.10 bits per heavy atom. The van der Waals surface area contributed by atoms with E-state index in [0.29, 0.717) is 27.0 Å². The lowest BCUT2D eigenvalue weighted by Gasteiger charge is -2.20. The fraction of sp³-hybridized carbons (Fsp3) is 0.318. The smallest absolute Gasteiger partial charge is 0.269 e. The maximum atomic E-state index is 12.3. The van der Waals surface area contributed by atoms with Crippen LogP contribution >= 0.6 is 15.9 Å². The molecule has 3 amide bonds. The number of benzene rings is 2. The normalized spacial score (nSPS) is 13.9. The first-order valence-corrected chi connectivity index (χ1v) is 10.6. The largest absolute Gasteiger partial charge is 0.496 e. The van der Waals surface area contributed by atoms with Gasteiger partial charge in [0.1, 0.15) is 5.75 Å². The highest BCUT2D eigenvalue weighted by Gasteiger charge is 2.21. The number of anilines is 1. The Kier molecular flexibility index (Phi) is 7.46. The molecule has 2 aromatic carbocycles. The standard InChI is InChI=1S/C22H24BrN3O4/c1-30-19-12-9-16(13-18(19)23)22(29)26-25-21(28)15-7-10-17(11-8-15)24-20(27)14-5-3-2-4-6-14/h7-14H,2-6H2,1H3,(H,24,27)(H,25,28)(H,26,29). The molecular formula is C22H24BrN3O4. The van der Waals surface area contributed by atoms with Gasteiger partial charge in [-0.1, -0.05) is 19.3 Å². The molecular weight excluding hydrogens is 450 g/mol. The molecule has 0 unspecified atom stereocenters. The summed E-state index contributed by atoms with van der Waals surface area (Å²) in [6, 6.07) is 11.4. The summed E-state index contributed by atoms with van der Waals surface area (Å²) in [5, 5.41) is 2.91. The minimum atomic E-state index is -0.457. The van der Waals surface area contributed by atoms with Crippen LogP contribution in [0.15, 0.2) is 46.9 Å². The molecule has 0 heterocycles. The van der Waals surface area contributed by atoms with Crippen molar-refractivity contribution in [3.05, 3.63) is 58.1 Å². The van der Waals surface area contributed by atoms with E-state index in [4.69, 9.17) is 4.74 Å². The SMILES string of the molecule is COc1ccc(C(=O)NNC(=O)c2ccc(NC(=O)C3CCCCC3)cc2)cc1Br. The van der Waals surface area contributed by atoms with Crippen LogP contribution in [-0.2, 0) is 4.79 Å². The summed E-state index contributed by atoms with van der Waals surface area (Å²) >= 11 is 3.32. The highest BCUT2D eigenvalue weighted by molar-refractivity contribution is 9.10. The number of rotatable bonds is 5. The van der Waals surface area contributed by atoms with Gasteiger partial charge in [-0.25, -0.2) is 0 Å². The molecule has 0 aromatic heterocycles. The zero-order chi connectivity index (χ0) is 21.5. The van der Waals surface area contributed by atoms with Gasteiger partial charge >= 0.3 is 0 Å². The predicted octanol–water partition coefficient (Wildman–Crippen LogP) is 4.05. The maximum absolute atomic E-state index is 12.3. The van der Waals surface area contributed by atoms with Crippen LogP contribution in [0.2, 0.25) is 0 Å². The van der Waals surface area contributed by atoms with E-state index in [9.17, 15) is 14.4 Å². The Morgan fingerprint density at radius 1 is 0.900 bits per heavy atom. The van der Waals surface area contributed by atoms with Crippen LogP contribution in [0.25, 0.3) is 0 Å². The molecule has 3 rings (SSSR count). The third-order valence-electron chi connectivity index (χ3n) is 5.09. The van der Waals surface area contributed by atoms with Gasteiger partial charge in [-0.05, 0) is 71.2 Å². The molecule has 0 aliphatic heterocycles. The van der Waals surface area contributed by atoms with Gasteiger partial charge in [0.2, 0.25) is 5.91 Å². The van der Waals surface area contributed by atoms with Crippen molar-refractivity contribution in [1.29, 1.82) is 0 Å². The molecule has 0 bridgehead atoms. The van der Waals surface area contributed by atoms with E-state index in [1.54, 1.807) is 42.5 Å². The molecule has 30 heavy (non-hydrogen) atoms. The summed E-state index contributed by atoms with van der Waals surface area (Å²) in [6.07, 6.45) is 5.24. The Bertz CT molecular complexity index is 924. The summed E-state index contributed by atoms with van der Waals surface area (Å²) in [6.45, 7) is 0. The third-order valence-corrected chi connectivity index (χ3v) is 5.71. The van der Waals surface area contributed by atoms with E-state index in [2.05, 4.69) is 32.1 Å². The molecule has 8 heteroatoms. The molecule has 1 saturated carbocycles. The first-order valence-electron chi connectivity index (χ1n) is 9.83. The zero-order valence-corrected chi connectivity index (χ0v) is 18.3. The van der Waals surface area contributed by atoms with Gasteiger partial charge in [-0.15, -0.1) is 0 Å². The number of ether oxygens (including phenoxy) is 1. The van der Waals surface area contributed by atoms with Crippen LogP contribution in [0.5, 0.6) is 5.75 Å². The van der Waals surface area contributed by atoms with Gasteiger partial charge in [-0.3, -0.25) is 25.2 Å². The van der Waals surface area contributed by atoms with Gasteiger partial charge in [-0.2, -0.15) is 0 Å². The van der Waals surface area contributed by atoms with Crippen LogP contribution in [-0.4, -0.2) is 24.8 Å². The lowest BCUT2D eigenvalue weighted by Crippen LogP contribution is -2.41. The Morgan fingerprint density at radius 2 is 1.50 bits per heavy atom. The molecule has 0 saturated heterocycles. The van der Waals surface area contributed by atoms with Crippen LogP contribution in [0.3, 0.4) is 0 Å². The summed E-state index contributed by atoms with van der Waals surface area (Å²) < 4.78 is 5.76. The minimum Gasteiger partial charge on any atom is -0.496 e. The summed E-state index contributed by atoms with van der Waals surface area (Å²) in [7, 11) is 1.53. The molecule has 0 radical (unpaired) electrons. The average molecular weight is 474 g/mol. The van der Waals surface area contributed by atoms with Crippen LogP contribution < -0.4 is 20.9 Å². The second kappa shape index (κ2) is 10.2. The molecule has 7 nitrogen and oxygen atoms in total. The Labute approximate surface area is 183 Å². The van der Waals surface area contributed by atoms with Gasteiger partial charge in [0.15, 0.2) is 0 Å². The fourth-order valence-electron chi connectivity index (χ4n) is 3.38. The number of nitrogens with one attached hydrogen (secondary N) is 3. The lowest BCUT2D eigenvalue weighted by molar-refractivity contribution is -0.120. The van der Waals surface area contributed by atoms with Gasteiger partial charge in [0.25, 0.3) is 11.8 Å². The number of hydrogen-bond acceptors (Lipinski definition) is 4. The molecule has 0 spiro atoms. The molecule has 2 aromatic rings. The Balaban J connectivity index is 1.52. The first kappa shape index (κ1) is 21.8. The quantitative estimate of drug-likeness (QED) is 0.570. The second-order valence-corrected chi connectivity index (χ2v) is 8.01. The number of hydrazine groups is 1. The fourth-order valence-corrected chi connectivity index (χ4v) is 3.92. The van der Waals surface area contributed by atoms with E-state index in [-0.39, 0.29) is 11.8 Å². The van der Waals surface area contributed by atoms with Crippen molar-refractivity contribution >= 4 is 39.3 Å². The lowest BCUT2D eigenvalue weighted by atomic mass is 9.88. The monoisotopic (exact) mass is 473 g/mol. The molecule has 158 valence electrons. The first-order chi connectivity index (χ1) is 14.5. The van der Waals surface area contributed by atoms with Crippen molar-refractivity contribution in [2.24, 2.45) is 5.92 Å². The molecule has 0 atom stereocenters. The van der Waals surface area contributed by atoms with Crippen molar-refractivity contribution in [3.8, 4) is 5.75 Å². The highest BCUT2D eigenvalue weighted by Crippen LogP contribution is 2.26. The van der Waals surface area contributed by atoms with E-state index < -0.39 is 11.8 Å². The van der Waals surface area contributed by atoms with E-state index >= 15 is 0 Å². The molecule has 1 aliphatic carbocycles. The van der Waals surface area contributed by atoms with E-state index in [1.165, 1.54) is 13.5 Å². The van der Waals surface area contributed by atoms with Crippen molar-refractivity contribution in [2.45, 2.75) is 32.1 Å². The highest BCUT2D eigenvalue weighted by atomic mass is 79.9. The number of carbonyl (C=O) groups is 3. The van der Waals surface area contributed by atoms with E-state index in [1.807, 2.05) is 0 Å². The molecule has 3 N–H and O–H groups in total. The van der Waals surface area contributed by atoms with Crippen LogP contribution in [0.1, 0.15) is 52.8 Å². The minimum absolute atomic E-state index is 0.0322. The number of carbonyl (C=O) groups excluding carboxylic acids is 3. The number of halogens is 1. The zero-order valence-electron chi connectivity index (χ0n) is 16.7. The van der Waals surface area contributed by atoms with Crippen molar-refractivity contribution in [3.63, 3.8) is 0 Å². The number of methoxy groups -OCH3 is 1. The van der Waals surface area contributed by atoms with Crippen LogP contribution in [0.4, 0.5) is 5.69 Å². The maximum Gasteiger partial charge on any atom is 0.269 e. The third kappa shape index (κ3) is 5.60. The van der Waals surface area contributed by atoms with Gasteiger partial charge in [0.05, 0.1) is 11.6 Å². The van der Waals surface area contributed by atoms with E-state index in [0.717, 1.165) is 25.7 Å². The predicted molar refractivity (Wildman–Crippen MR) is 117 cm³/mol. The van der Waals surface area contributed by atoms with Crippen molar-refractivity contribution in [1.82, 2.24) is 10.9 Å². The Hall–Kier alpha value is -2.87. The summed E-state index contributed by atoms with van der Waals surface area (Å²) in [5.41, 5.74) is 6.14. The van der Waals surface area contributed by atoms with Gasteiger partial charge < -0.3 is 10.1 Å². The molecule has 1 aliphatic rings. The second-order valence-electron chi connectivity index (χ2n) is 7.16. The summed E-state index contributed by atoms with van der Waals surface area (Å²) in [4.78, 5) is 36.8. The topological polar surface area (TPSA) is 96.5 Å². The van der Waals surface area contributed by atoms with Crippen molar-refractivity contribution in [2.75, 3.05) is 12.4 Å². The molecule has 1 fully saturated rings. The number of hydrogen-bond donors (Lipinski definition) is 3.